The van der Waals surface area contributed by atoms with Gasteiger partial charge in [0, 0.05) is 5.69 Å². The highest BCUT2D eigenvalue weighted by molar-refractivity contribution is 8.01. The number of anilines is 3. The maximum Gasteiger partial charge on any atom is 0.325 e. The van der Waals surface area contributed by atoms with Crippen molar-refractivity contribution in [2.24, 2.45) is 0 Å². The molecule has 1 aromatic heterocycles. The number of urea groups is 1. The monoisotopic (exact) mass is 459 g/mol. The topological polar surface area (TPSA) is 114 Å². The van der Waals surface area contributed by atoms with Gasteiger partial charge in [0.1, 0.15) is 11.5 Å². The molecule has 9 nitrogen and oxygen atoms in total. The second-order valence-corrected chi connectivity index (χ2v) is 8.15. The molecule has 0 aliphatic carbocycles. The van der Waals surface area contributed by atoms with Gasteiger partial charge in [-0.1, -0.05) is 35.2 Å². The summed E-state index contributed by atoms with van der Waals surface area (Å²) in [7, 11) is 1.57. The second kappa shape index (κ2) is 11.2. The fourth-order valence-electron chi connectivity index (χ4n) is 2.42. The van der Waals surface area contributed by atoms with Crippen LogP contribution in [0.5, 0.6) is 11.5 Å². The molecular weight excluding hydrogens is 438 g/mol. The SMILES string of the molecule is CCOc1ccccc1NC(=O)CSc1nnc(NC(=O)Nc2ccc(OC)cc2)s1. The molecule has 0 bridgehead atoms. The number of thioether (sulfide) groups is 1. The molecule has 162 valence electrons. The quantitative estimate of drug-likeness (QED) is 0.322. The number of benzene rings is 2. The van der Waals surface area contributed by atoms with Gasteiger partial charge in [0.05, 0.1) is 25.2 Å². The summed E-state index contributed by atoms with van der Waals surface area (Å²) in [5.41, 5.74) is 1.23. The van der Waals surface area contributed by atoms with E-state index in [1.54, 1.807) is 43.5 Å². The molecule has 11 heteroatoms. The molecule has 3 aromatic rings. The van der Waals surface area contributed by atoms with E-state index in [-0.39, 0.29) is 11.7 Å². The molecule has 0 fully saturated rings. The zero-order valence-electron chi connectivity index (χ0n) is 16.9. The second-order valence-electron chi connectivity index (χ2n) is 5.95. The average molecular weight is 460 g/mol. The number of amides is 3. The Kier molecular flexibility index (Phi) is 8.07. The number of rotatable bonds is 9. The average Bonchev–Trinajstić information content (AvgIpc) is 3.21. The van der Waals surface area contributed by atoms with Crippen LogP contribution in [0.15, 0.2) is 52.9 Å². The minimum Gasteiger partial charge on any atom is -0.497 e. The molecule has 3 N–H and O–H groups in total. The van der Waals surface area contributed by atoms with Crippen molar-refractivity contribution < 1.29 is 19.1 Å². The third-order valence-corrected chi connectivity index (χ3v) is 5.73. The molecule has 3 rings (SSSR count). The predicted molar refractivity (Wildman–Crippen MR) is 123 cm³/mol. The van der Waals surface area contributed by atoms with Crippen molar-refractivity contribution in [3.8, 4) is 11.5 Å². The van der Waals surface area contributed by atoms with E-state index in [2.05, 4.69) is 26.1 Å². The van der Waals surface area contributed by atoms with E-state index >= 15 is 0 Å². The molecule has 31 heavy (non-hydrogen) atoms. The first kappa shape index (κ1) is 22.4. The zero-order chi connectivity index (χ0) is 22.1. The van der Waals surface area contributed by atoms with E-state index in [0.29, 0.717) is 39.0 Å². The number of hydrogen-bond donors (Lipinski definition) is 3. The lowest BCUT2D eigenvalue weighted by molar-refractivity contribution is -0.113. The van der Waals surface area contributed by atoms with Crippen LogP contribution < -0.4 is 25.4 Å². The number of hydrogen-bond acceptors (Lipinski definition) is 8. The Morgan fingerprint density at radius 3 is 2.55 bits per heavy atom. The Hall–Kier alpha value is -3.31. The standard InChI is InChI=1S/C20H21N5O4S2/c1-3-29-16-7-5-4-6-15(16)22-17(26)12-30-20-25-24-19(31-20)23-18(27)21-13-8-10-14(28-2)11-9-13/h4-11H,3,12H2,1-2H3,(H,22,26)(H2,21,23,24,27). The van der Waals surface area contributed by atoms with Crippen molar-refractivity contribution >= 4 is 51.5 Å². The summed E-state index contributed by atoms with van der Waals surface area (Å²) in [6, 6.07) is 13.7. The Bertz CT molecular complexity index is 1030. The van der Waals surface area contributed by atoms with Crippen LogP contribution in [0.2, 0.25) is 0 Å². The Labute approximate surface area is 187 Å². The number of carbonyl (C=O) groups is 2. The van der Waals surface area contributed by atoms with Crippen molar-refractivity contribution in [2.75, 3.05) is 35.4 Å². The van der Waals surface area contributed by atoms with Gasteiger partial charge in [-0.15, -0.1) is 10.2 Å². The predicted octanol–water partition coefficient (Wildman–Crippen LogP) is 4.32. The Morgan fingerprint density at radius 2 is 1.81 bits per heavy atom. The lowest BCUT2D eigenvalue weighted by atomic mass is 10.3. The van der Waals surface area contributed by atoms with Crippen LogP contribution in [0, 0.1) is 0 Å². The molecule has 0 unspecified atom stereocenters. The van der Waals surface area contributed by atoms with Crippen molar-refractivity contribution in [3.05, 3.63) is 48.5 Å². The van der Waals surface area contributed by atoms with Crippen LogP contribution in [0.4, 0.5) is 21.3 Å². The number of carbonyl (C=O) groups excluding carboxylic acids is 2. The number of aromatic nitrogens is 2. The fourth-order valence-corrected chi connectivity index (χ4v) is 3.96. The van der Waals surface area contributed by atoms with Gasteiger partial charge in [0.2, 0.25) is 11.0 Å². The van der Waals surface area contributed by atoms with Gasteiger partial charge in [-0.3, -0.25) is 10.1 Å². The highest BCUT2D eigenvalue weighted by atomic mass is 32.2. The zero-order valence-corrected chi connectivity index (χ0v) is 18.5. The molecule has 0 aliphatic rings. The van der Waals surface area contributed by atoms with Crippen molar-refractivity contribution in [3.63, 3.8) is 0 Å². The van der Waals surface area contributed by atoms with E-state index in [1.807, 2.05) is 19.1 Å². The maximum absolute atomic E-state index is 12.3. The van der Waals surface area contributed by atoms with Gasteiger partial charge < -0.3 is 20.1 Å². The van der Waals surface area contributed by atoms with Gasteiger partial charge in [0.25, 0.3) is 0 Å². The maximum atomic E-state index is 12.3. The van der Waals surface area contributed by atoms with Crippen LogP contribution >= 0.6 is 23.1 Å². The van der Waals surface area contributed by atoms with Gasteiger partial charge >= 0.3 is 6.03 Å². The lowest BCUT2D eigenvalue weighted by Gasteiger charge is -2.10. The first-order chi connectivity index (χ1) is 15.1. The minimum absolute atomic E-state index is 0.146. The molecule has 0 atom stereocenters. The molecule has 3 amide bonds. The number of ether oxygens (including phenoxy) is 2. The number of para-hydroxylation sites is 2. The molecule has 0 saturated carbocycles. The third kappa shape index (κ3) is 6.86. The highest BCUT2D eigenvalue weighted by Gasteiger charge is 2.12. The summed E-state index contributed by atoms with van der Waals surface area (Å²) in [4.78, 5) is 24.4. The molecule has 2 aromatic carbocycles. The number of methoxy groups -OCH3 is 1. The molecular formula is C20H21N5O4S2. The van der Waals surface area contributed by atoms with E-state index in [1.165, 1.54) is 23.1 Å². The third-order valence-electron chi connectivity index (χ3n) is 3.76. The van der Waals surface area contributed by atoms with E-state index < -0.39 is 6.03 Å². The summed E-state index contributed by atoms with van der Waals surface area (Å²) in [5, 5.41) is 16.4. The van der Waals surface area contributed by atoms with E-state index in [0.717, 1.165) is 0 Å². The van der Waals surface area contributed by atoms with Crippen LogP contribution in [0.1, 0.15) is 6.92 Å². The van der Waals surface area contributed by atoms with Gasteiger partial charge in [-0.05, 0) is 43.3 Å². The van der Waals surface area contributed by atoms with Crippen LogP contribution in [-0.4, -0.2) is 41.6 Å². The molecule has 0 aliphatic heterocycles. The summed E-state index contributed by atoms with van der Waals surface area (Å²) in [6.45, 7) is 2.39. The normalized spacial score (nSPS) is 10.3. The highest BCUT2D eigenvalue weighted by Crippen LogP contribution is 2.27. The first-order valence-electron chi connectivity index (χ1n) is 9.27. The smallest absolute Gasteiger partial charge is 0.325 e. The molecule has 0 saturated heterocycles. The van der Waals surface area contributed by atoms with Crippen LogP contribution in [-0.2, 0) is 4.79 Å². The van der Waals surface area contributed by atoms with Gasteiger partial charge in [0.15, 0.2) is 4.34 Å². The van der Waals surface area contributed by atoms with Gasteiger partial charge in [-0.25, -0.2) is 4.79 Å². The van der Waals surface area contributed by atoms with Gasteiger partial charge in [-0.2, -0.15) is 0 Å². The van der Waals surface area contributed by atoms with Crippen LogP contribution in [0.3, 0.4) is 0 Å². The number of nitrogens with one attached hydrogen (secondary N) is 3. The molecule has 1 heterocycles. The van der Waals surface area contributed by atoms with Crippen molar-refractivity contribution in [2.45, 2.75) is 11.3 Å². The first-order valence-corrected chi connectivity index (χ1v) is 11.1. The van der Waals surface area contributed by atoms with Crippen molar-refractivity contribution in [1.82, 2.24) is 10.2 Å². The Morgan fingerprint density at radius 1 is 1.03 bits per heavy atom. The van der Waals surface area contributed by atoms with E-state index in [9.17, 15) is 9.59 Å². The minimum atomic E-state index is -0.442. The fraction of sp³-hybridized carbons (Fsp3) is 0.200. The van der Waals surface area contributed by atoms with Crippen LogP contribution in [0.25, 0.3) is 0 Å². The lowest BCUT2D eigenvalue weighted by Crippen LogP contribution is -2.19. The summed E-state index contributed by atoms with van der Waals surface area (Å²) in [6.07, 6.45) is 0. The van der Waals surface area contributed by atoms with E-state index in [4.69, 9.17) is 9.47 Å². The summed E-state index contributed by atoms with van der Waals surface area (Å²) >= 11 is 2.41. The Balaban J connectivity index is 1.47. The van der Waals surface area contributed by atoms with Crippen molar-refractivity contribution in [1.29, 1.82) is 0 Å². The largest absolute Gasteiger partial charge is 0.497 e. The molecule has 0 radical (unpaired) electrons. The molecule has 0 spiro atoms. The summed E-state index contributed by atoms with van der Waals surface area (Å²) in [5.74, 6) is 1.27. The summed E-state index contributed by atoms with van der Waals surface area (Å²) < 4.78 is 11.1. The number of nitrogens with zero attached hydrogens (tertiary/aromatic N) is 2.